The van der Waals surface area contributed by atoms with Gasteiger partial charge in [0.25, 0.3) is 0 Å². The maximum absolute atomic E-state index is 6.17. The summed E-state index contributed by atoms with van der Waals surface area (Å²) in [6, 6.07) is 13.6. The van der Waals surface area contributed by atoms with E-state index >= 15 is 0 Å². The van der Waals surface area contributed by atoms with E-state index in [0.29, 0.717) is 11.6 Å². The molecule has 0 radical (unpaired) electrons. The van der Waals surface area contributed by atoms with Gasteiger partial charge in [0.15, 0.2) is 0 Å². The Morgan fingerprint density at radius 2 is 1.84 bits per heavy atom. The monoisotopic (exact) mass is 275 g/mol. The highest BCUT2D eigenvalue weighted by Gasteiger charge is 2.10. The number of hydrogen-bond donors (Lipinski definition) is 1. The van der Waals surface area contributed by atoms with Crippen LogP contribution in [0.3, 0.4) is 0 Å². The maximum Gasteiger partial charge on any atom is 0.123 e. The lowest BCUT2D eigenvalue weighted by Crippen LogP contribution is -2.20. The van der Waals surface area contributed by atoms with Gasteiger partial charge in [-0.25, -0.2) is 0 Å². The molecule has 1 atom stereocenters. The predicted molar refractivity (Wildman–Crippen MR) is 79.8 cm³/mol. The SMILES string of the molecule is Cc1ccc(Cl)cc1OCC(N)c1ccccc1C. The largest absolute Gasteiger partial charge is 0.491 e. The third-order valence-electron chi connectivity index (χ3n) is 3.16. The molecular weight excluding hydrogens is 258 g/mol. The Bertz CT molecular complexity index is 568. The summed E-state index contributed by atoms with van der Waals surface area (Å²) in [6.45, 7) is 4.48. The van der Waals surface area contributed by atoms with Crippen LogP contribution in [0.25, 0.3) is 0 Å². The second kappa shape index (κ2) is 6.09. The van der Waals surface area contributed by atoms with Gasteiger partial charge in [0.05, 0.1) is 6.04 Å². The van der Waals surface area contributed by atoms with Gasteiger partial charge in [-0.3, -0.25) is 0 Å². The van der Waals surface area contributed by atoms with Crippen LogP contribution in [0, 0.1) is 13.8 Å². The van der Waals surface area contributed by atoms with Gasteiger partial charge < -0.3 is 10.5 Å². The van der Waals surface area contributed by atoms with Crippen molar-refractivity contribution in [3.05, 3.63) is 64.2 Å². The molecule has 1 unspecified atom stereocenters. The van der Waals surface area contributed by atoms with E-state index in [1.165, 1.54) is 5.56 Å². The Hall–Kier alpha value is -1.51. The topological polar surface area (TPSA) is 35.2 Å². The van der Waals surface area contributed by atoms with Crippen LogP contribution >= 0.6 is 11.6 Å². The van der Waals surface area contributed by atoms with Crippen LogP contribution in [-0.4, -0.2) is 6.61 Å². The molecule has 2 rings (SSSR count). The van der Waals surface area contributed by atoms with E-state index in [9.17, 15) is 0 Å². The second-order valence-corrected chi connectivity index (χ2v) is 5.12. The van der Waals surface area contributed by atoms with Crippen molar-refractivity contribution in [2.45, 2.75) is 19.9 Å². The van der Waals surface area contributed by atoms with Crippen molar-refractivity contribution in [3.8, 4) is 5.75 Å². The minimum Gasteiger partial charge on any atom is -0.491 e. The molecule has 2 N–H and O–H groups in total. The Kier molecular flexibility index (Phi) is 4.46. The highest BCUT2D eigenvalue weighted by Crippen LogP contribution is 2.24. The fourth-order valence-corrected chi connectivity index (χ4v) is 2.16. The number of benzene rings is 2. The van der Waals surface area contributed by atoms with Crippen molar-refractivity contribution >= 4 is 11.6 Å². The molecule has 19 heavy (non-hydrogen) atoms. The van der Waals surface area contributed by atoms with Gasteiger partial charge in [-0.2, -0.15) is 0 Å². The molecule has 0 bridgehead atoms. The van der Waals surface area contributed by atoms with Crippen LogP contribution in [0.5, 0.6) is 5.75 Å². The van der Waals surface area contributed by atoms with Gasteiger partial charge in [0, 0.05) is 5.02 Å². The van der Waals surface area contributed by atoms with Gasteiger partial charge in [-0.1, -0.05) is 41.9 Å². The lowest BCUT2D eigenvalue weighted by molar-refractivity contribution is 0.288. The maximum atomic E-state index is 6.17. The predicted octanol–water partition coefficient (Wildman–Crippen LogP) is 4.04. The molecule has 0 saturated heterocycles. The fourth-order valence-electron chi connectivity index (χ4n) is 2.00. The van der Waals surface area contributed by atoms with E-state index in [0.717, 1.165) is 16.9 Å². The minimum absolute atomic E-state index is 0.139. The van der Waals surface area contributed by atoms with Gasteiger partial charge in [-0.05, 0) is 42.7 Å². The van der Waals surface area contributed by atoms with E-state index in [-0.39, 0.29) is 6.04 Å². The summed E-state index contributed by atoms with van der Waals surface area (Å²) >= 11 is 5.96. The van der Waals surface area contributed by atoms with Crippen LogP contribution in [0.2, 0.25) is 5.02 Å². The van der Waals surface area contributed by atoms with Crippen molar-refractivity contribution in [2.24, 2.45) is 5.73 Å². The summed E-state index contributed by atoms with van der Waals surface area (Å²) in [4.78, 5) is 0. The molecule has 0 aliphatic heterocycles. The molecule has 0 heterocycles. The average molecular weight is 276 g/mol. The van der Waals surface area contributed by atoms with E-state index in [1.807, 2.05) is 43.3 Å². The Morgan fingerprint density at radius 3 is 2.58 bits per heavy atom. The molecule has 0 fully saturated rings. The molecule has 2 nitrogen and oxygen atoms in total. The molecule has 2 aromatic rings. The highest BCUT2D eigenvalue weighted by atomic mass is 35.5. The average Bonchev–Trinajstić information content (AvgIpc) is 2.40. The smallest absolute Gasteiger partial charge is 0.123 e. The number of hydrogen-bond acceptors (Lipinski definition) is 2. The first kappa shape index (κ1) is 13.9. The summed E-state index contributed by atoms with van der Waals surface area (Å²) in [7, 11) is 0. The summed E-state index contributed by atoms with van der Waals surface area (Å²) in [5, 5.41) is 0.671. The van der Waals surface area contributed by atoms with Gasteiger partial charge in [-0.15, -0.1) is 0 Å². The fraction of sp³-hybridized carbons (Fsp3) is 0.250. The lowest BCUT2D eigenvalue weighted by Gasteiger charge is -2.16. The molecule has 3 heteroatoms. The third-order valence-corrected chi connectivity index (χ3v) is 3.39. The number of rotatable bonds is 4. The number of aryl methyl sites for hydroxylation is 2. The van der Waals surface area contributed by atoms with Crippen LogP contribution in [0.1, 0.15) is 22.7 Å². The second-order valence-electron chi connectivity index (χ2n) is 4.68. The van der Waals surface area contributed by atoms with Gasteiger partial charge in [0.2, 0.25) is 0 Å². The van der Waals surface area contributed by atoms with Crippen LogP contribution in [0.4, 0.5) is 0 Å². The Morgan fingerprint density at radius 1 is 1.11 bits per heavy atom. The molecular formula is C16H18ClNO. The third kappa shape index (κ3) is 3.49. The molecule has 2 aromatic carbocycles. The van der Waals surface area contributed by atoms with Crippen LogP contribution in [-0.2, 0) is 0 Å². The molecule has 100 valence electrons. The minimum atomic E-state index is -0.139. The first-order chi connectivity index (χ1) is 9.08. The van der Waals surface area contributed by atoms with E-state index < -0.39 is 0 Å². The van der Waals surface area contributed by atoms with E-state index in [2.05, 4.69) is 13.0 Å². The zero-order chi connectivity index (χ0) is 13.8. The number of halogens is 1. The zero-order valence-electron chi connectivity index (χ0n) is 11.2. The van der Waals surface area contributed by atoms with Crippen molar-refractivity contribution < 1.29 is 4.74 Å². The van der Waals surface area contributed by atoms with Gasteiger partial charge >= 0.3 is 0 Å². The molecule has 0 spiro atoms. The molecule has 0 saturated carbocycles. The summed E-state index contributed by atoms with van der Waals surface area (Å²) in [5.74, 6) is 0.788. The van der Waals surface area contributed by atoms with Crippen molar-refractivity contribution in [3.63, 3.8) is 0 Å². The quantitative estimate of drug-likeness (QED) is 0.914. The zero-order valence-corrected chi connectivity index (χ0v) is 11.9. The van der Waals surface area contributed by atoms with E-state index in [4.69, 9.17) is 22.1 Å². The first-order valence-corrected chi connectivity index (χ1v) is 6.66. The molecule has 0 aliphatic rings. The summed E-state index contributed by atoms with van der Waals surface area (Å²) in [5.41, 5.74) is 9.53. The molecule has 0 aromatic heterocycles. The van der Waals surface area contributed by atoms with E-state index in [1.54, 1.807) is 0 Å². The van der Waals surface area contributed by atoms with Crippen LogP contribution < -0.4 is 10.5 Å². The number of ether oxygens (including phenoxy) is 1. The standard InChI is InChI=1S/C16H18ClNO/c1-11-5-3-4-6-14(11)15(18)10-19-16-9-13(17)8-7-12(16)2/h3-9,15H,10,18H2,1-2H3. The van der Waals surface area contributed by atoms with Crippen molar-refractivity contribution in [1.82, 2.24) is 0 Å². The normalized spacial score (nSPS) is 12.2. The van der Waals surface area contributed by atoms with Crippen molar-refractivity contribution in [2.75, 3.05) is 6.61 Å². The Balaban J connectivity index is 2.06. The summed E-state index contributed by atoms with van der Waals surface area (Å²) < 4.78 is 5.78. The molecule has 0 aliphatic carbocycles. The molecule has 0 amide bonds. The Labute approximate surface area is 119 Å². The van der Waals surface area contributed by atoms with Crippen molar-refractivity contribution in [1.29, 1.82) is 0 Å². The van der Waals surface area contributed by atoms with Crippen LogP contribution in [0.15, 0.2) is 42.5 Å². The summed E-state index contributed by atoms with van der Waals surface area (Å²) in [6.07, 6.45) is 0. The first-order valence-electron chi connectivity index (χ1n) is 6.28. The highest BCUT2D eigenvalue weighted by molar-refractivity contribution is 6.30. The number of nitrogens with two attached hydrogens (primary N) is 1. The van der Waals surface area contributed by atoms with Gasteiger partial charge in [0.1, 0.15) is 12.4 Å². The lowest BCUT2D eigenvalue weighted by atomic mass is 10.0.